The molecule has 8 nitrogen and oxygen atoms in total. The minimum absolute atomic E-state index is 0.156. The predicted octanol–water partition coefficient (Wildman–Crippen LogP) is 2.91. The average Bonchev–Trinajstić information content (AvgIpc) is 3.49. The van der Waals surface area contributed by atoms with Crippen LogP contribution in [0.1, 0.15) is 16.2 Å². The van der Waals surface area contributed by atoms with Gasteiger partial charge in [-0.3, -0.25) is 4.79 Å². The molecule has 4 aromatic rings. The summed E-state index contributed by atoms with van der Waals surface area (Å²) in [5, 5.41) is 14.2. The first-order valence-electron chi connectivity index (χ1n) is 9.87. The van der Waals surface area contributed by atoms with Crippen LogP contribution in [0.25, 0.3) is 16.9 Å². The van der Waals surface area contributed by atoms with Crippen molar-refractivity contribution >= 4 is 5.91 Å². The maximum atomic E-state index is 13.5. The Labute approximate surface area is 179 Å². The molecule has 2 aromatic heterocycles. The fraction of sp³-hybridized carbons (Fsp3) is 0.174. The van der Waals surface area contributed by atoms with Crippen LogP contribution in [0.15, 0.2) is 73.2 Å². The van der Waals surface area contributed by atoms with E-state index in [1.165, 1.54) is 0 Å². The molecule has 0 bridgehead atoms. The second-order valence-corrected chi connectivity index (χ2v) is 6.89. The van der Waals surface area contributed by atoms with Crippen LogP contribution in [0.5, 0.6) is 5.75 Å². The van der Waals surface area contributed by atoms with Gasteiger partial charge in [-0.25, -0.2) is 9.67 Å². The summed E-state index contributed by atoms with van der Waals surface area (Å²) in [6.45, 7) is 0.278. The van der Waals surface area contributed by atoms with Gasteiger partial charge in [0.25, 0.3) is 5.91 Å². The van der Waals surface area contributed by atoms with Gasteiger partial charge in [0.1, 0.15) is 17.3 Å². The van der Waals surface area contributed by atoms with Gasteiger partial charge in [-0.15, -0.1) is 0 Å². The zero-order chi connectivity index (χ0) is 21.6. The van der Waals surface area contributed by atoms with Crippen LogP contribution in [0.4, 0.5) is 0 Å². The number of hydrogen-bond acceptors (Lipinski definition) is 5. The highest BCUT2D eigenvalue weighted by molar-refractivity contribution is 6.00. The molecule has 8 heteroatoms. The molecular weight excluding hydrogens is 394 g/mol. The summed E-state index contributed by atoms with van der Waals surface area (Å²) in [6, 6.07) is 17.0. The molecule has 31 heavy (non-hydrogen) atoms. The van der Waals surface area contributed by atoms with Crippen LogP contribution in [0.3, 0.4) is 0 Å². The number of nitrogens with one attached hydrogen (secondary N) is 1. The molecule has 0 unspecified atom stereocenters. The number of aromatic nitrogens is 4. The van der Waals surface area contributed by atoms with Crippen LogP contribution in [0.2, 0.25) is 0 Å². The van der Waals surface area contributed by atoms with Gasteiger partial charge in [0, 0.05) is 30.7 Å². The molecule has 0 aliphatic heterocycles. The lowest BCUT2D eigenvalue weighted by Crippen LogP contribution is -2.33. The fourth-order valence-corrected chi connectivity index (χ4v) is 3.31. The number of methoxy groups -OCH3 is 1. The quantitative estimate of drug-likeness (QED) is 0.460. The maximum Gasteiger partial charge on any atom is 0.258 e. The Bertz CT molecular complexity index is 1120. The van der Waals surface area contributed by atoms with E-state index in [9.17, 15) is 9.90 Å². The van der Waals surface area contributed by atoms with Gasteiger partial charge in [0.05, 0.1) is 31.5 Å². The number of hydrogen-bond donors (Lipinski definition) is 2. The molecule has 0 atom stereocenters. The van der Waals surface area contributed by atoms with Gasteiger partial charge in [-0.1, -0.05) is 18.2 Å². The van der Waals surface area contributed by atoms with Crippen molar-refractivity contribution in [2.45, 2.75) is 6.54 Å². The molecule has 0 aliphatic carbocycles. The molecule has 1 amide bonds. The van der Waals surface area contributed by atoms with Crippen LogP contribution in [0, 0.1) is 0 Å². The molecule has 0 aliphatic rings. The van der Waals surface area contributed by atoms with Gasteiger partial charge in [0.15, 0.2) is 0 Å². The molecule has 0 spiro atoms. The summed E-state index contributed by atoms with van der Waals surface area (Å²) in [7, 11) is 1.61. The number of aromatic amines is 1. The molecule has 2 heterocycles. The van der Waals surface area contributed by atoms with Crippen LogP contribution in [-0.2, 0) is 6.54 Å². The first kappa shape index (κ1) is 20.4. The fourth-order valence-electron chi connectivity index (χ4n) is 3.31. The highest BCUT2D eigenvalue weighted by Crippen LogP contribution is 2.27. The smallest absolute Gasteiger partial charge is 0.258 e. The molecule has 158 valence electrons. The summed E-state index contributed by atoms with van der Waals surface area (Å²) in [4.78, 5) is 22.3. The number of H-pyrrole nitrogens is 1. The number of imidazole rings is 1. The monoisotopic (exact) mass is 417 g/mol. The zero-order valence-electron chi connectivity index (χ0n) is 17.1. The van der Waals surface area contributed by atoms with E-state index < -0.39 is 0 Å². The third kappa shape index (κ3) is 4.49. The highest BCUT2D eigenvalue weighted by Gasteiger charge is 2.24. The predicted molar refractivity (Wildman–Crippen MR) is 116 cm³/mol. The third-order valence-electron chi connectivity index (χ3n) is 4.88. The molecule has 0 saturated carbocycles. The van der Waals surface area contributed by atoms with Crippen molar-refractivity contribution in [3.05, 3.63) is 84.6 Å². The first-order valence-corrected chi connectivity index (χ1v) is 9.87. The van der Waals surface area contributed by atoms with Gasteiger partial charge in [-0.2, -0.15) is 5.10 Å². The second-order valence-electron chi connectivity index (χ2n) is 6.89. The summed E-state index contributed by atoms with van der Waals surface area (Å²) in [6.07, 6.45) is 5.06. The standard InChI is InChI=1S/C23H23N5O3/c1-31-19-9-7-17(8-10-19)22-20(15-28(26-22)18-5-3-2-4-6-18)23(30)27(13-14-29)16-21-24-11-12-25-21/h2-12,15,29H,13-14,16H2,1H3,(H,24,25). The number of para-hydroxylation sites is 1. The number of ether oxygens (including phenoxy) is 1. The lowest BCUT2D eigenvalue weighted by Gasteiger charge is -2.20. The van der Waals surface area contributed by atoms with E-state index in [1.807, 2.05) is 54.6 Å². The van der Waals surface area contributed by atoms with Crippen LogP contribution < -0.4 is 4.74 Å². The van der Waals surface area contributed by atoms with Crippen molar-refractivity contribution in [3.63, 3.8) is 0 Å². The van der Waals surface area contributed by atoms with Gasteiger partial charge < -0.3 is 19.7 Å². The number of amides is 1. The van der Waals surface area contributed by atoms with E-state index in [0.717, 1.165) is 17.0 Å². The van der Waals surface area contributed by atoms with Crippen molar-refractivity contribution in [2.24, 2.45) is 0 Å². The molecule has 2 N–H and O–H groups in total. The first-order chi connectivity index (χ1) is 15.2. The van der Waals surface area contributed by atoms with Gasteiger partial charge >= 0.3 is 0 Å². The molecular formula is C23H23N5O3. The van der Waals surface area contributed by atoms with Gasteiger partial charge in [0.2, 0.25) is 0 Å². The zero-order valence-corrected chi connectivity index (χ0v) is 17.1. The third-order valence-corrected chi connectivity index (χ3v) is 4.88. The summed E-state index contributed by atoms with van der Waals surface area (Å²) >= 11 is 0. The van der Waals surface area contributed by atoms with E-state index in [-0.39, 0.29) is 25.6 Å². The molecule has 2 aromatic carbocycles. The number of carbonyl (C=O) groups is 1. The average molecular weight is 417 g/mol. The SMILES string of the molecule is COc1ccc(-c2nn(-c3ccccc3)cc2C(=O)N(CCO)Cc2ncc[nH]2)cc1. The normalized spacial score (nSPS) is 10.8. The minimum Gasteiger partial charge on any atom is -0.497 e. The molecule has 0 fully saturated rings. The molecule has 0 saturated heterocycles. The Morgan fingerprint density at radius 1 is 1.16 bits per heavy atom. The van der Waals surface area contributed by atoms with Crippen molar-refractivity contribution in [2.75, 3.05) is 20.3 Å². The summed E-state index contributed by atoms with van der Waals surface area (Å²) < 4.78 is 6.94. The topological polar surface area (TPSA) is 96.3 Å². The van der Waals surface area contributed by atoms with Gasteiger partial charge in [-0.05, 0) is 36.4 Å². The lowest BCUT2D eigenvalue weighted by molar-refractivity contribution is 0.0704. The lowest BCUT2D eigenvalue weighted by atomic mass is 10.1. The summed E-state index contributed by atoms with van der Waals surface area (Å²) in [5.41, 5.74) is 2.63. The highest BCUT2D eigenvalue weighted by atomic mass is 16.5. The van der Waals surface area contributed by atoms with Crippen molar-refractivity contribution in [1.82, 2.24) is 24.6 Å². The number of nitrogens with zero attached hydrogens (tertiary/aromatic N) is 4. The number of carbonyl (C=O) groups excluding carboxylic acids is 1. The van der Waals surface area contributed by atoms with E-state index in [4.69, 9.17) is 9.84 Å². The minimum atomic E-state index is -0.238. The Hall–Kier alpha value is -3.91. The number of aliphatic hydroxyl groups is 1. The molecule has 0 radical (unpaired) electrons. The summed E-state index contributed by atoms with van der Waals surface area (Å²) in [5.74, 6) is 1.13. The van der Waals surface area contributed by atoms with E-state index >= 15 is 0 Å². The van der Waals surface area contributed by atoms with Crippen molar-refractivity contribution in [3.8, 4) is 22.7 Å². The Morgan fingerprint density at radius 2 is 1.94 bits per heavy atom. The Kier molecular flexibility index (Phi) is 6.09. The maximum absolute atomic E-state index is 13.5. The Balaban J connectivity index is 1.76. The number of rotatable bonds is 8. The number of benzene rings is 2. The van der Waals surface area contributed by atoms with E-state index in [0.29, 0.717) is 17.1 Å². The van der Waals surface area contributed by atoms with Crippen LogP contribution in [-0.4, -0.2) is 55.9 Å². The second kappa shape index (κ2) is 9.27. The Morgan fingerprint density at radius 3 is 2.58 bits per heavy atom. The van der Waals surface area contributed by atoms with E-state index in [2.05, 4.69) is 9.97 Å². The van der Waals surface area contributed by atoms with E-state index in [1.54, 1.807) is 35.3 Å². The number of aliphatic hydroxyl groups excluding tert-OH is 1. The van der Waals surface area contributed by atoms with Crippen molar-refractivity contribution in [1.29, 1.82) is 0 Å². The molecule has 4 rings (SSSR count). The van der Waals surface area contributed by atoms with Crippen LogP contribution >= 0.6 is 0 Å². The van der Waals surface area contributed by atoms with Crippen molar-refractivity contribution < 1.29 is 14.6 Å². The largest absolute Gasteiger partial charge is 0.497 e.